The Morgan fingerprint density at radius 2 is 1.79 bits per heavy atom. The van der Waals surface area contributed by atoms with E-state index < -0.39 is 0 Å². The maximum Gasteiger partial charge on any atom is 0.272 e. The average molecular weight is 395 g/mol. The van der Waals surface area contributed by atoms with Crippen LogP contribution >= 0.6 is 11.3 Å². The van der Waals surface area contributed by atoms with E-state index in [0.717, 1.165) is 16.1 Å². The number of amides is 1. The predicted molar refractivity (Wildman–Crippen MR) is 110 cm³/mol. The van der Waals surface area contributed by atoms with Crippen LogP contribution in [-0.4, -0.2) is 64.0 Å². The molecule has 1 saturated heterocycles. The monoisotopic (exact) mass is 394 g/mol. The van der Waals surface area contributed by atoms with Gasteiger partial charge in [0.05, 0.1) is 17.1 Å². The zero-order valence-electron chi connectivity index (χ0n) is 15.7. The van der Waals surface area contributed by atoms with Gasteiger partial charge in [-0.3, -0.25) is 19.2 Å². The van der Waals surface area contributed by atoms with Crippen molar-refractivity contribution in [3.05, 3.63) is 64.5 Å². The summed E-state index contributed by atoms with van der Waals surface area (Å²) < 4.78 is 1.65. The standard InChI is InChI=1S/C21H22N4O2S/c1-23-18(14-17(22-23)16-6-3-2-4-7-16)21(27)25-11-9-24(10-12-25)15-19(26)20-8-5-13-28-20/h2-8,13-14H,9-12,15H2,1H3. The van der Waals surface area contributed by atoms with E-state index in [1.807, 2.05) is 58.8 Å². The first-order valence-electron chi connectivity index (χ1n) is 9.29. The van der Waals surface area contributed by atoms with Crippen molar-refractivity contribution in [1.82, 2.24) is 19.6 Å². The topological polar surface area (TPSA) is 58.4 Å². The first-order valence-corrected chi connectivity index (χ1v) is 10.2. The van der Waals surface area contributed by atoms with Gasteiger partial charge in [0.25, 0.3) is 5.91 Å². The van der Waals surface area contributed by atoms with Crippen LogP contribution in [0.25, 0.3) is 11.3 Å². The Morgan fingerprint density at radius 1 is 1.04 bits per heavy atom. The molecular weight excluding hydrogens is 372 g/mol. The Balaban J connectivity index is 1.38. The third kappa shape index (κ3) is 3.90. The number of ketones is 1. The third-order valence-corrected chi connectivity index (χ3v) is 5.90. The number of hydrogen-bond acceptors (Lipinski definition) is 5. The Hall–Kier alpha value is -2.77. The molecule has 2 aromatic heterocycles. The Kier molecular flexibility index (Phi) is 5.36. The summed E-state index contributed by atoms with van der Waals surface area (Å²) in [5.74, 6) is 0.135. The van der Waals surface area contributed by atoms with Crippen LogP contribution in [0.2, 0.25) is 0 Å². The molecule has 3 heterocycles. The minimum Gasteiger partial charge on any atom is -0.335 e. The maximum absolute atomic E-state index is 13.0. The van der Waals surface area contributed by atoms with E-state index in [1.54, 1.807) is 11.7 Å². The molecule has 7 heteroatoms. The molecule has 4 rings (SSSR count). The third-order valence-electron chi connectivity index (χ3n) is 4.99. The van der Waals surface area contributed by atoms with Gasteiger partial charge in [-0.1, -0.05) is 36.4 Å². The lowest BCUT2D eigenvalue weighted by Crippen LogP contribution is -2.50. The van der Waals surface area contributed by atoms with Crippen molar-refractivity contribution in [3.8, 4) is 11.3 Å². The fourth-order valence-electron chi connectivity index (χ4n) is 3.41. The van der Waals surface area contributed by atoms with Gasteiger partial charge in [0.1, 0.15) is 5.69 Å². The van der Waals surface area contributed by atoms with Crippen LogP contribution in [0.1, 0.15) is 20.2 Å². The van der Waals surface area contributed by atoms with Gasteiger partial charge in [0.2, 0.25) is 0 Å². The van der Waals surface area contributed by atoms with Gasteiger partial charge in [0.15, 0.2) is 5.78 Å². The molecule has 0 N–H and O–H groups in total. The van der Waals surface area contributed by atoms with Crippen molar-refractivity contribution >= 4 is 23.0 Å². The summed E-state index contributed by atoms with van der Waals surface area (Å²) in [7, 11) is 1.80. The van der Waals surface area contributed by atoms with Gasteiger partial charge in [-0.25, -0.2) is 0 Å². The predicted octanol–water partition coefficient (Wildman–Crippen LogP) is 2.79. The summed E-state index contributed by atoms with van der Waals surface area (Å²) in [5.41, 5.74) is 2.38. The molecule has 0 radical (unpaired) electrons. The van der Waals surface area contributed by atoms with Gasteiger partial charge in [0, 0.05) is 38.8 Å². The van der Waals surface area contributed by atoms with Crippen molar-refractivity contribution in [3.63, 3.8) is 0 Å². The van der Waals surface area contributed by atoms with E-state index in [2.05, 4.69) is 10.00 Å². The summed E-state index contributed by atoms with van der Waals surface area (Å²) in [6, 6.07) is 15.5. The summed E-state index contributed by atoms with van der Waals surface area (Å²) in [5, 5.41) is 6.41. The van der Waals surface area contributed by atoms with E-state index in [1.165, 1.54) is 11.3 Å². The molecule has 6 nitrogen and oxygen atoms in total. The van der Waals surface area contributed by atoms with Gasteiger partial charge in [-0.15, -0.1) is 11.3 Å². The highest BCUT2D eigenvalue weighted by molar-refractivity contribution is 7.12. The normalized spacial score (nSPS) is 15.0. The van der Waals surface area contributed by atoms with Crippen LogP contribution in [0.4, 0.5) is 0 Å². The number of hydrogen-bond donors (Lipinski definition) is 0. The van der Waals surface area contributed by atoms with E-state index in [0.29, 0.717) is 38.4 Å². The highest BCUT2D eigenvalue weighted by Crippen LogP contribution is 2.20. The molecule has 1 fully saturated rings. The molecule has 1 amide bonds. The number of aromatic nitrogens is 2. The van der Waals surface area contributed by atoms with E-state index in [4.69, 9.17) is 0 Å². The van der Waals surface area contributed by atoms with Gasteiger partial charge in [-0.2, -0.15) is 5.10 Å². The Morgan fingerprint density at radius 3 is 2.46 bits per heavy atom. The van der Waals surface area contributed by atoms with Crippen molar-refractivity contribution in [2.45, 2.75) is 0 Å². The Labute approximate surface area is 168 Å². The molecule has 1 aliphatic rings. The quantitative estimate of drug-likeness (QED) is 0.625. The minimum atomic E-state index is -0.0126. The van der Waals surface area contributed by atoms with Crippen LogP contribution in [0.15, 0.2) is 53.9 Å². The van der Waals surface area contributed by atoms with Gasteiger partial charge < -0.3 is 4.90 Å². The second kappa shape index (κ2) is 8.08. The number of aryl methyl sites for hydroxylation is 1. The molecule has 0 unspecified atom stereocenters. The first kappa shape index (κ1) is 18.6. The number of benzene rings is 1. The largest absolute Gasteiger partial charge is 0.335 e. The van der Waals surface area contributed by atoms with E-state index in [-0.39, 0.29) is 11.7 Å². The summed E-state index contributed by atoms with van der Waals surface area (Å²) in [6.07, 6.45) is 0. The van der Waals surface area contributed by atoms with Gasteiger partial charge in [-0.05, 0) is 17.5 Å². The first-order chi connectivity index (χ1) is 13.6. The molecule has 0 spiro atoms. The van der Waals surface area contributed by atoms with Crippen LogP contribution in [0.5, 0.6) is 0 Å². The molecule has 144 valence electrons. The average Bonchev–Trinajstić information content (AvgIpc) is 3.39. The summed E-state index contributed by atoms with van der Waals surface area (Å²) in [4.78, 5) is 30.0. The number of Topliss-reactive ketones (excluding diaryl/α,β-unsaturated/α-hetero) is 1. The van der Waals surface area contributed by atoms with Crippen LogP contribution < -0.4 is 0 Å². The smallest absolute Gasteiger partial charge is 0.272 e. The van der Waals surface area contributed by atoms with Crippen molar-refractivity contribution in [2.75, 3.05) is 32.7 Å². The number of thiophene rings is 1. The molecule has 0 bridgehead atoms. The molecule has 3 aromatic rings. The number of nitrogens with zero attached hydrogens (tertiary/aromatic N) is 4. The van der Waals surface area contributed by atoms with Crippen molar-refractivity contribution in [1.29, 1.82) is 0 Å². The maximum atomic E-state index is 13.0. The summed E-state index contributed by atoms with van der Waals surface area (Å²) >= 11 is 1.47. The number of piperazine rings is 1. The SMILES string of the molecule is Cn1nc(-c2ccccc2)cc1C(=O)N1CCN(CC(=O)c2cccs2)CC1. The van der Waals surface area contributed by atoms with Crippen LogP contribution in [-0.2, 0) is 7.05 Å². The number of carbonyl (C=O) groups is 2. The lowest BCUT2D eigenvalue weighted by Gasteiger charge is -2.34. The second-order valence-corrected chi connectivity index (χ2v) is 7.82. The van der Waals surface area contributed by atoms with E-state index >= 15 is 0 Å². The second-order valence-electron chi connectivity index (χ2n) is 6.87. The van der Waals surface area contributed by atoms with E-state index in [9.17, 15) is 9.59 Å². The zero-order chi connectivity index (χ0) is 19.5. The molecule has 28 heavy (non-hydrogen) atoms. The Bertz CT molecular complexity index is 958. The number of rotatable bonds is 5. The molecule has 0 aliphatic carbocycles. The lowest BCUT2D eigenvalue weighted by molar-refractivity contribution is 0.0615. The minimum absolute atomic E-state index is 0.0126. The summed E-state index contributed by atoms with van der Waals surface area (Å²) in [6.45, 7) is 3.04. The molecular formula is C21H22N4O2S. The fourth-order valence-corrected chi connectivity index (χ4v) is 4.06. The number of carbonyl (C=O) groups excluding carboxylic acids is 2. The zero-order valence-corrected chi connectivity index (χ0v) is 16.6. The van der Waals surface area contributed by atoms with Crippen LogP contribution in [0, 0.1) is 0 Å². The highest BCUT2D eigenvalue weighted by Gasteiger charge is 2.26. The molecule has 0 atom stereocenters. The van der Waals surface area contributed by atoms with Crippen molar-refractivity contribution < 1.29 is 9.59 Å². The van der Waals surface area contributed by atoms with Crippen molar-refractivity contribution in [2.24, 2.45) is 7.05 Å². The lowest BCUT2D eigenvalue weighted by atomic mass is 10.1. The van der Waals surface area contributed by atoms with Gasteiger partial charge >= 0.3 is 0 Å². The molecule has 1 aromatic carbocycles. The van der Waals surface area contributed by atoms with Crippen LogP contribution in [0.3, 0.4) is 0 Å². The fraction of sp³-hybridized carbons (Fsp3) is 0.286. The highest BCUT2D eigenvalue weighted by atomic mass is 32.1. The molecule has 0 saturated carbocycles. The molecule has 1 aliphatic heterocycles.